The van der Waals surface area contributed by atoms with E-state index in [1.54, 1.807) is 4.57 Å². The number of hydrogen-bond donors (Lipinski definition) is 5. The van der Waals surface area contributed by atoms with Gasteiger partial charge in [-0.25, -0.2) is 4.79 Å². The minimum absolute atomic E-state index is 0.0358. The Morgan fingerprint density at radius 3 is 1.98 bits per heavy atom. The van der Waals surface area contributed by atoms with Crippen LogP contribution >= 0.6 is 0 Å². The van der Waals surface area contributed by atoms with Crippen LogP contribution in [0.4, 0.5) is 0 Å². The number of benzene rings is 1. The molecule has 0 aromatic heterocycles. The number of carbonyl (C=O) groups excluding carboxylic acids is 4. The molecule has 42 heavy (non-hydrogen) atoms. The van der Waals surface area contributed by atoms with Crippen molar-refractivity contribution in [3.8, 4) is 0 Å². The number of carboxylic acids is 1. The molecular formula is C30H50N4O7Si. The Morgan fingerprint density at radius 2 is 1.50 bits per heavy atom. The Balaban J connectivity index is 3.16. The van der Waals surface area contributed by atoms with E-state index < -0.39 is 62.7 Å². The number of aliphatic hydroxyl groups excluding tert-OH is 1. The van der Waals surface area contributed by atoms with Crippen LogP contribution < -0.4 is 16.0 Å². The minimum atomic E-state index is -2.67. The quantitative estimate of drug-likeness (QED) is 0.191. The van der Waals surface area contributed by atoms with Gasteiger partial charge in [0.05, 0.1) is 19.1 Å². The standard InChI is InChI=1S/C30H50N4O7Si/c1-19(2)15-23(29(40)41)33-27(38)21(4)32-25(36)18-31-28(39)24(17-22-13-11-10-12-14-22)34(26(37)16-20(3)35)42(8,9)30(5,6)7/h10-14,19-21,23-24,35H,15-18H2,1-9H3,(H,31,39)(H,32,36)(H,33,38)(H,40,41). The van der Waals surface area contributed by atoms with Crippen LogP contribution in [0.2, 0.25) is 18.1 Å². The van der Waals surface area contributed by atoms with E-state index in [9.17, 15) is 34.2 Å². The molecule has 4 amide bonds. The highest BCUT2D eigenvalue weighted by Gasteiger charge is 2.48. The molecule has 1 aromatic carbocycles. The van der Waals surface area contributed by atoms with Gasteiger partial charge in [-0.15, -0.1) is 0 Å². The third-order valence-corrected chi connectivity index (χ3v) is 13.0. The number of hydrogen-bond acceptors (Lipinski definition) is 6. The highest BCUT2D eigenvalue weighted by Crippen LogP contribution is 2.40. The van der Waals surface area contributed by atoms with Crippen molar-refractivity contribution in [2.75, 3.05) is 6.54 Å². The highest BCUT2D eigenvalue weighted by molar-refractivity contribution is 6.79. The zero-order valence-electron chi connectivity index (χ0n) is 26.5. The van der Waals surface area contributed by atoms with E-state index in [4.69, 9.17) is 0 Å². The van der Waals surface area contributed by atoms with Gasteiger partial charge in [0.2, 0.25) is 23.6 Å². The monoisotopic (exact) mass is 606 g/mol. The molecule has 0 heterocycles. The molecule has 0 aliphatic rings. The van der Waals surface area contributed by atoms with Gasteiger partial charge >= 0.3 is 5.97 Å². The maximum Gasteiger partial charge on any atom is 0.326 e. The second kappa shape index (κ2) is 15.8. The first-order valence-electron chi connectivity index (χ1n) is 14.4. The van der Waals surface area contributed by atoms with Crippen LogP contribution in [0.3, 0.4) is 0 Å². The van der Waals surface area contributed by atoms with Crippen molar-refractivity contribution in [3.05, 3.63) is 35.9 Å². The number of carbonyl (C=O) groups is 5. The molecule has 0 saturated heterocycles. The molecule has 1 aromatic rings. The lowest BCUT2D eigenvalue weighted by atomic mass is 10.0. The summed E-state index contributed by atoms with van der Waals surface area (Å²) in [6.45, 7) is 16.3. The molecule has 0 aliphatic heterocycles. The Morgan fingerprint density at radius 1 is 0.929 bits per heavy atom. The Labute approximate surface area is 250 Å². The van der Waals surface area contributed by atoms with Crippen molar-refractivity contribution in [2.45, 2.75) is 110 Å². The van der Waals surface area contributed by atoms with Crippen LogP contribution in [0.1, 0.15) is 66.9 Å². The Hall–Kier alpha value is -3.25. The number of carboxylic acid groups (broad SMARTS) is 1. The van der Waals surface area contributed by atoms with E-state index in [1.165, 1.54) is 13.8 Å². The summed E-state index contributed by atoms with van der Waals surface area (Å²) in [6, 6.07) is 6.19. The molecule has 236 valence electrons. The summed E-state index contributed by atoms with van der Waals surface area (Å²) in [4.78, 5) is 64.1. The van der Waals surface area contributed by atoms with Crippen LogP contribution in [-0.2, 0) is 30.4 Å². The van der Waals surface area contributed by atoms with Gasteiger partial charge in [0.15, 0.2) is 8.24 Å². The SMILES string of the molecule is CC(C)CC(NC(=O)C(C)NC(=O)CNC(=O)C(Cc1ccccc1)N(C(=O)CC(C)O)[Si](C)(C)C(C)(C)C)C(=O)O. The van der Waals surface area contributed by atoms with Gasteiger partial charge in [-0.1, -0.05) is 78.0 Å². The molecule has 12 heteroatoms. The second-order valence-corrected chi connectivity index (χ2v) is 18.0. The van der Waals surface area contributed by atoms with E-state index in [1.807, 2.05) is 78.0 Å². The summed E-state index contributed by atoms with van der Waals surface area (Å²) < 4.78 is 1.65. The van der Waals surface area contributed by atoms with E-state index >= 15 is 0 Å². The van der Waals surface area contributed by atoms with Crippen molar-refractivity contribution in [1.82, 2.24) is 20.5 Å². The first-order valence-corrected chi connectivity index (χ1v) is 17.4. The van der Waals surface area contributed by atoms with E-state index in [-0.39, 0.29) is 36.1 Å². The van der Waals surface area contributed by atoms with Crippen LogP contribution in [-0.4, -0.2) is 83.4 Å². The van der Waals surface area contributed by atoms with Gasteiger partial charge in [0.1, 0.15) is 18.1 Å². The van der Waals surface area contributed by atoms with Crippen LogP contribution in [0.25, 0.3) is 0 Å². The molecule has 1 rings (SSSR count). The lowest BCUT2D eigenvalue weighted by molar-refractivity contribution is -0.142. The van der Waals surface area contributed by atoms with Gasteiger partial charge in [0, 0.05) is 6.42 Å². The van der Waals surface area contributed by atoms with Gasteiger partial charge in [-0.05, 0) is 36.8 Å². The summed E-state index contributed by atoms with van der Waals surface area (Å²) >= 11 is 0. The first kappa shape index (κ1) is 36.8. The maximum absolute atomic E-state index is 13.7. The number of nitrogens with one attached hydrogen (secondary N) is 3. The van der Waals surface area contributed by atoms with Gasteiger partial charge in [-0.3, -0.25) is 19.2 Å². The maximum atomic E-state index is 13.7. The van der Waals surface area contributed by atoms with E-state index in [0.29, 0.717) is 0 Å². The van der Waals surface area contributed by atoms with Crippen LogP contribution in [0.15, 0.2) is 30.3 Å². The minimum Gasteiger partial charge on any atom is -0.480 e. The molecule has 5 N–H and O–H groups in total. The fraction of sp³-hybridized carbons (Fsp3) is 0.633. The molecule has 0 spiro atoms. The molecule has 0 fully saturated rings. The summed E-state index contributed by atoms with van der Waals surface area (Å²) in [5.41, 5.74) is 0.829. The largest absolute Gasteiger partial charge is 0.480 e. The van der Waals surface area contributed by atoms with Crippen LogP contribution in [0.5, 0.6) is 0 Å². The van der Waals surface area contributed by atoms with E-state index in [0.717, 1.165) is 5.56 Å². The number of amides is 4. The lowest BCUT2D eigenvalue weighted by Gasteiger charge is -2.49. The van der Waals surface area contributed by atoms with Crippen molar-refractivity contribution in [3.63, 3.8) is 0 Å². The predicted octanol–water partition coefficient (Wildman–Crippen LogP) is 2.44. The van der Waals surface area contributed by atoms with Crippen molar-refractivity contribution in [2.24, 2.45) is 5.92 Å². The summed E-state index contributed by atoms with van der Waals surface area (Å²) in [5.74, 6) is -3.29. The van der Waals surface area contributed by atoms with Crippen molar-refractivity contribution < 1.29 is 34.2 Å². The summed E-state index contributed by atoms with van der Waals surface area (Å²) in [6.07, 6.45) is -0.604. The Bertz CT molecular complexity index is 1090. The smallest absolute Gasteiger partial charge is 0.326 e. The summed E-state index contributed by atoms with van der Waals surface area (Å²) in [7, 11) is -2.67. The summed E-state index contributed by atoms with van der Waals surface area (Å²) in [5, 5.41) is 26.7. The third-order valence-electron chi connectivity index (χ3n) is 7.58. The molecule has 0 aliphatic carbocycles. The molecule has 4 unspecified atom stereocenters. The topological polar surface area (TPSA) is 165 Å². The number of rotatable bonds is 15. The highest BCUT2D eigenvalue weighted by atomic mass is 28.3. The lowest BCUT2D eigenvalue weighted by Crippen LogP contribution is -2.65. The molecule has 4 atom stereocenters. The Kier molecular flexibility index (Phi) is 13.9. The molecule has 0 bridgehead atoms. The van der Waals surface area contributed by atoms with E-state index in [2.05, 4.69) is 16.0 Å². The average molecular weight is 607 g/mol. The van der Waals surface area contributed by atoms with Gasteiger partial charge in [-0.2, -0.15) is 0 Å². The fourth-order valence-electron chi connectivity index (χ4n) is 4.36. The zero-order chi connectivity index (χ0) is 32.4. The second-order valence-electron chi connectivity index (χ2n) is 12.9. The van der Waals surface area contributed by atoms with Gasteiger partial charge < -0.3 is 30.7 Å². The number of aliphatic carboxylic acids is 1. The molecular weight excluding hydrogens is 556 g/mol. The van der Waals surface area contributed by atoms with Crippen LogP contribution in [0, 0.1) is 5.92 Å². The average Bonchev–Trinajstić information content (AvgIpc) is 2.85. The zero-order valence-corrected chi connectivity index (χ0v) is 27.5. The fourth-order valence-corrected chi connectivity index (χ4v) is 6.78. The van der Waals surface area contributed by atoms with Crippen molar-refractivity contribution >= 4 is 37.8 Å². The predicted molar refractivity (Wildman–Crippen MR) is 164 cm³/mol. The van der Waals surface area contributed by atoms with Gasteiger partial charge in [0.25, 0.3) is 0 Å². The third kappa shape index (κ3) is 11.2. The van der Waals surface area contributed by atoms with Crippen molar-refractivity contribution in [1.29, 1.82) is 0 Å². The molecule has 11 nitrogen and oxygen atoms in total. The molecule has 0 saturated carbocycles. The first-order chi connectivity index (χ1) is 19.3. The normalized spacial score (nSPS) is 14.7. The number of nitrogens with zero attached hydrogens (tertiary/aromatic N) is 1. The number of aliphatic hydroxyl groups is 1. The molecule has 0 radical (unpaired) electrons.